The van der Waals surface area contributed by atoms with Crippen molar-refractivity contribution in [3.63, 3.8) is 0 Å². The number of aryl methyl sites for hydroxylation is 3. The fourth-order valence-corrected chi connectivity index (χ4v) is 2.88. The van der Waals surface area contributed by atoms with Gasteiger partial charge in [-0.1, -0.05) is 31.0 Å². The zero-order valence-electron chi connectivity index (χ0n) is 11.8. The molecule has 0 N–H and O–H groups in total. The molecule has 0 amide bonds. The van der Waals surface area contributed by atoms with Crippen LogP contribution >= 0.6 is 0 Å². The van der Waals surface area contributed by atoms with Gasteiger partial charge in [0, 0.05) is 6.42 Å². The number of hydrogen-bond donors (Lipinski definition) is 0. The van der Waals surface area contributed by atoms with Crippen LogP contribution in [0.4, 0.5) is 0 Å². The van der Waals surface area contributed by atoms with Crippen molar-refractivity contribution in [3.8, 4) is 0 Å². The number of Topliss-reactive ketones (excluding diaryl/α,β-unsaturated/α-hetero) is 1. The first kappa shape index (κ1) is 14.0. The van der Waals surface area contributed by atoms with Gasteiger partial charge in [-0.2, -0.15) is 0 Å². The molecule has 0 aromatic heterocycles. The van der Waals surface area contributed by atoms with E-state index in [2.05, 4.69) is 39.8 Å². The van der Waals surface area contributed by atoms with Crippen molar-refractivity contribution in [2.45, 2.75) is 59.8 Å². The molecule has 1 nitrogen and oxygen atoms in total. The highest BCUT2D eigenvalue weighted by Crippen LogP contribution is 2.31. The zero-order valence-corrected chi connectivity index (χ0v) is 11.8. The van der Waals surface area contributed by atoms with Crippen molar-refractivity contribution in [1.82, 2.24) is 0 Å². The smallest absolute Gasteiger partial charge is 0.130 e. The van der Waals surface area contributed by atoms with E-state index in [1.165, 1.54) is 22.3 Å². The number of ketones is 1. The van der Waals surface area contributed by atoms with Crippen LogP contribution in [-0.4, -0.2) is 5.78 Å². The predicted octanol–water partition coefficient (Wildman–Crippen LogP) is 4.47. The lowest BCUT2D eigenvalue weighted by molar-refractivity contribution is -0.117. The Balaban J connectivity index is 3.13. The molecule has 1 unspecified atom stereocenters. The molecule has 1 heteroatoms. The Labute approximate surface area is 105 Å². The summed E-state index contributed by atoms with van der Waals surface area (Å²) in [6.45, 7) is 10.3. The Kier molecular flexibility index (Phi) is 4.92. The minimum Gasteiger partial charge on any atom is -0.300 e. The van der Waals surface area contributed by atoms with Crippen molar-refractivity contribution < 1.29 is 4.79 Å². The van der Waals surface area contributed by atoms with Crippen LogP contribution in [0.3, 0.4) is 0 Å². The molecule has 1 atom stereocenters. The number of hydrogen-bond acceptors (Lipinski definition) is 1. The van der Waals surface area contributed by atoms with Crippen LogP contribution < -0.4 is 0 Å². The Morgan fingerprint density at radius 3 is 2.12 bits per heavy atom. The fraction of sp³-hybridized carbons (Fsp3) is 0.562. The van der Waals surface area contributed by atoms with E-state index >= 15 is 0 Å². The Bertz CT molecular complexity index is 381. The van der Waals surface area contributed by atoms with Gasteiger partial charge in [0.05, 0.1) is 0 Å². The molecular formula is C16H24O. The van der Waals surface area contributed by atoms with Gasteiger partial charge in [0.25, 0.3) is 0 Å². The molecule has 1 rings (SSSR count). The molecule has 0 aliphatic heterocycles. The van der Waals surface area contributed by atoms with Crippen LogP contribution in [0.1, 0.15) is 61.3 Å². The highest BCUT2D eigenvalue weighted by molar-refractivity contribution is 5.76. The Morgan fingerprint density at radius 2 is 1.71 bits per heavy atom. The molecule has 0 aliphatic carbocycles. The summed E-state index contributed by atoms with van der Waals surface area (Å²) in [5.41, 5.74) is 5.37. The third kappa shape index (κ3) is 3.69. The van der Waals surface area contributed by atoms with Gasteiger partial charge in [-0.3, -0.25) is 0 Å². The van der Waals surface area contributed by atoms with Gasteiger partial charge in [-0.25, -0.2) is 0 Å². The van der Waals surface area contributed by atoms with Gasteiger partial charge < -0.3 is 4.79 Å². The molecule has 0 radical (unpaired) electrons. The molecule has 1 aromatic rings. The van der Waals surface area contributed by atoms with Gasteiger partial charge in [-0.15, -0.1) is 0 Å². The highest BCUT2D eigenvalue weighted by Gasteiger charge is 2.17. The Hall–Kier alpha value is -1.11. The second kappa shape index (κ2) is 6.00. The third-order valence-electron chi connectivity index (χ3n) is 3.32. The molecule has 17 heavy (non-hydrogen) atoms. The highest BCUT2D eigenvalue weighted by atomic mass is 16.1. The van der Waals surface area contributed by atoms with Gasteiger partial charge in [0.1, 0.15) is 5.78 Å². The summed E-state index contributed by atoms with van der Waals surface area (Å²) in [5, 5.41) is 0. The second-order valence-corrected chi connectivity index (χ2v) is 5.20. The molecule has 0 saturated carbocycles. The van der Waals surface area contributed by atoms with Gasteiger partial charge in [0.2, 0.25) is 0 Å². The van der Waals surface area contributed by atoms with E-state index in [4.69, 9.17) is 0 Å². The second-order valence-electron chi connectivity index (χ2n) is 5.20. The van der Waals surface area contributed by atoms with E-state index in [9.17, 15) is 4.79 Å². The van der Waals surface area contributed by atoms with Crippen LogP contribution in [-0.2, 0) is 4.79 Å². The summed E-state index contributed by atoms with van der Waals surface area (Å²) in [4.78, 5) is 11.4. The average molecular weight is 232 g/mol. The van der Waals surface area contributed by atoms with Crippen LogP contribution in [0.2, 0.25) is 0 Å². The van der Waals surface area contributed by atoms with E-state index < -0.39 is 0 Å². The first-order valence-corrected chi connectivity index (χ1v) is 6.52. The van der Waals surface area contributed by atoms with Crippen molar-refractivity contribution in [3.05, 3.63) is 34.4 Å². The third-order valence-corrected chi connectivity index (χ3v) is 3.32. The van der Waals surface area contributed by atoms with E-state index in [0.29, 0.717) is 18.1 Å². The molecular weight excluding hydrogens is 208 g/mol. The van der Waals surface area contributed by atoms with Crippen molar-refractivity contribution in [2.75, 3.05) is 0 Å². The number of rotatable bonds is 5. The Morgan fingerprint density at radius 1 is 1.18 bits per heavy atom. The summed E-state index contributed by atoms with van der Waals surface area (Å²) < 4.78 is 0. The predicted molar refractivity (Wildman–Crippen MR) is 73.6 cm³/mol. The van der Waals surface area contributed by atoms with Crippen LogP contribution in [0.25, 0.3) is 0 Å². The largest absolute Gasteiger partial charge is 0.300 e. The van der Waals surface area contributed by atoms with Crippen molar-refractivity contribution in [1.29, 1.82) is 0 Å². The first-order chi connectivity index (χ1) is 7.95. The quantitative estimate of drug-likeness (QED) is 0.731. The minimum absolute atomic E-state index is 0.294. The molecule has 0 saturated heterocycles. The first-order valence-electron chi connectivity index (χ1n) is 6.52. The summed E-state index contributed by atoms with van der Waals surface area (Å²) >= 11 is 0. The summed E-state index contributed by atoms with van der Waals surface area (Å²) in [5.74, 6) is 0.695. The standard InChI is InChI=1S/C16H24O/c1-6-7-15(10-14(5)17)16-12(3)8-11(2)9-13(16)4/h8-9,15H,6-7,10H2,1-5H3. The molecule has 0 bridgehead atoms. The van der Waals surface area contributed by atoms with E-state index in [1.807, 2.05) is 0 Å². The maximum absolute atomic E-state index is 11.4. The monoisotopic (exact) mass is 232 g/mol. The fourth-order valence-electron chi connectivity index (χ4n) is 2.88. The van der Waals surface area contributed by atoms with E-state index in [-0.39, 0.29) is 0 Å². The molecule has 94 valence electrons. The molecule has 0 aliphatic rings. The summed E-state index contributed by atoms with van der Waals surface area (Å²) in [6, 6.07) is 4.45. The lowest BCUT2D eigenvalue weighted by Crippen LogP contribution is -2.08. The van der Waals surface area contributed by atoms with Crippen molar-refractivity contribution >= 4 is 5.78 Å². The van der Waals surface area contributed by atoms with E-state index in [1.54, 1.807) is 6.92 Å². The lowest BCUT2D eigenvalue weighted by Gasteiger charge is -2.21. The van der Waals surface area contributed by atoms with Gasteiger partial charge >= 0.3 is 0 Å². The minimum atomic E-state index is 0.294. The van der Waals surface area contributed by atoms with Crippen LogP contribution in [0, 0.1) is 20.8 Å². The normalized spacial score (nSPS) is 12.5. The summed E-state index contributed by atoms with van der Waals surface area (Å²) in [7, 11) is 0. The average Bonchev–Trinajstić information content (AvgIpc) is 2.14. The van der Waals surface area contributed by atoms with E-state index in [0.717, 1.165) is 12.8 Å². The molecule has 0 spiro atoms. The van der Waals surface area contributed by atoms with Crippen molar-refractivity contribution in [2.24, 2.45) is 0 Å². The number of carbonyl (C=O) groups is 1. The topological polar surface area (TPSA) is 17.1 Å². The maximum atomic E-state index is 11.4. The molecule has 1 aromatic carbocycles. The summed E-state index contributed by atoms with van der Waals surface area (Å²) in [6.07, 6.45) is 2.91. The SMILES string of the molecule is CCCC(CC(C)=O)c1c(C)cc(C)cc1C. The lowest BCUT2D eigenvalue weighted by atomic mass is 9.84. The zero-order chi connectivity index (χ0) is 13.0. The molecule has 0 heterocycles. The van der Waals surface area contributed by atoms with Crippen LogP contribution in [0.15, 0.2) is 12.1 Å². The number of carbonyl (C=O) groups excluding carboxylic acids is 1. The van der Waals surface area contributed by atoms with Crippen LogP contribution in [0.5, 0.6) is 0 Å². The van der Waals surface area contributed by atoms with Gasteiger partial charge in [-0.05, 0) is 56.7 Å². The maximum Gasteiger partial charge on any atom is 0.130 e. The number of benzene rings is 1. The van der Waals surface area contributed by atoms with Gasteiger partial charge in [0.15, 0.2) is 0 Å². The molecule has 0 fully saturated rings.